The number of hydrogen-bond acceptors (Lipinski definition) is 5. The minimum atomic E-state index is -0.570. The number of benzene rings is 2. The van der Waals surface area contributed by atoms with Crippen LogP contribution in [0.2, 0.25) is 0 Å². The average molecular weight is 437 g/mol. The van der Waals surface area contributed by atoms with E-state index in [2.05, 4.69) is 18.2 Å². The Labute approximate surface area is 190 Å². The standard InChI is InChI=1S/C27H32O5/c1-18-12-13-19(2)22(14-18)17-31-24-15-21-9-5-4-6-10-23(28)11-7-8-20(3)32-27(30)26(21)25(29)16-24/h5,9,12-16,20,29H,4,6-8,10-11,17H2,1-3H3/b9-5+/t20-/m0/s1. The second-order valence-electron chi connectivity index (χ2n) is 8.57. The molecule has 1 atom stereocenters. The Hall–Kier alpha value is -3.08. The number of ketones is 1. The molecule has 5 heteroatoms. The van der Waals surface area contributed by atoms with Gasteiger partial charge in [0.15, 0.2) is 0 Å². The fourth-order valence-electron chi connectivity index (χ4n) is 3.82. The molecule has 5 nitrogen and oxygen atoms in total. The Morgan fingerprint density at radius 2 is 1.88 bits per heavy atom. The summed E-state index contributed by atoms with van der Waals surface area (Å²) in [5.41, 5.74) is 4.03. The van der Waals surface area contributed by atoms with Crippen molar-refractivity contribution in [1.82, 2.24) is 0 Å². The fourth-order valence-corrected chi connectivity index (χ4v) is 3.82. The number of hydrogen-bond donors (Lipinski definition) is 1. The lowest BCUT2D eigenvalue weighted by Gasteiger charge is -2.17. The molecule has 1 aliphatic rings. The maximum atomic E-state index is 12.8. The normalized spacial score (nSPS) is 18.9. The van der Waals surface area contributed by atoms with Gasteiger partial charge in [0, 0.05) is 18.9 Å². The first-order valence-corrected chi connectivity index (χ1v) is 11.3. The summed E-state index contributed by atoms with van der Waals surface area (Å²) >= 11 is 0. The molecule has 0 aliphatic carbocycles. The van der Waals surface area contributed by atoms with Gasteiger partial charge in [-0.05, 0) is 69.2 Å². The number of phenols is 1. The number of allylic oxidation sites excluding steroid dienone is 1. The Balaban J connectivity index is 1.87. The molecule has 1 aliphatic heterocycles. The number of cyclic esters (lactones) is 1. The highest BCUT2D eigenvalue weighted by Crippen LogP contribution is 2.31. The van der Waals surface area contributed by atoms with E-state index in [9.17, 15) is 14.7 Å². The lowest BCUT2D eigenvalue weighted by Crippen LogP contribution is -2.17. The molecule has 1 N–H and O–H groups in total. The number of phenolic OH excluding ortho intramolecular Hbond substituents is 1. The van der Waals surface area contributed by atoms with Gasteiger partial charge >= 0.3 is 5.97 Å². The smallest absolute Gasteiger partial charge is 0.342 e. The van der Waals surface area contributed by atoms with Crippen LogP contribution in [0.15, 0.2) is 36.4 Å². The summed E-state index contributed by atoms with van der Waals surface area (Å²) in [4.78, 5) is 24.8. The van der Waals surface area contributed by atoms with E-state index in [0.717, 1.165) is 23.1 Å². The maximum Gasteiger partial charge on any atom is 0.342 e. The van der Waals surface area contributed by atoms with Crippen molar-refractivity contribution in [2.75, 3.05) is 0 Å². The monoisotopic (exact) mass is 436 g/mol. The molecule has 2 aromatic carbocycles. The van der Waals surface area contributed by atoms with Crippen LogP contribution < -0.4 is 4.74 Å². The molecule has 0 aromatic heterocycles. The topological polar surface area (TPSA) is 72.8 Å². The van der Waals surface area contributed by atoms with E-state index in [-0.39, 0.29) is 23.2 Å². The van der Waals surface area contributed by atoms with E-state index in [1.54, 1.807) is 12.1 Å². The van der Waals surface area contributed by atoms with Gasteiger partial charge in [0.2, 0.25) is 0 Å². The minimum Gasteiger partial charge on any atom is -0.507 e. The van der Waals surface area contributed by atoms with Crippen molar-refractivity contribution in [2.45, 2.75) is 72.0 Å². The van der Waals surface area contributed by atoms with Gasteiger partial charge in [0.1, 0.15) is 29.5 Å². The van der Waals surface area contributed by atoms with Crippen LogP contribution >= 0.6 is 0 Å². The van der Waals surface area contributed by atoms with Crippen LogP contribution in [0.3, 0.4) is 0 Å². The predicted molar refractivity (Wildman–Crippen MR) is 125 cm³/mol. The number of aromatic hydroxyl groups is 1. The van der Waals surface area contributed by atoms with Gasteiger partial charge in [-0.2, -0.15) is 0 Å². The highest BCUT2D eigenvalue weighted by atomic mass is 16.5. The zero-order valence-electron chi connectivity index (χ0n) is 19.1. The first-order valence-electron chi connectivity index (χ1n) is 11.3. The predicted octanol–water partition coefficient (Wildman–Crippen LogP) is 6.07. The van der Waals surface area contributed by atoms with Crippen LogP contribution in [0.1, 0.15) is 78.1 Å². The molecular formula is C27H32O5. The molecule has 0 fully saturated rings. The number of aryl methyl sites for hydroxylation is 2. The summed E-state index contributed by atoms with van der Waals surface area (Å²) in [6.07, 6.45) is 7.21. The molecule has 1 heterocycles. The molecule has 32 heavy (non-hydrogen) atoms. The Morgan fingerprint density at radius 1 is 1.09 bits per heavy atom. The van der Waals surface area contributed by atoms with Gasteiger partial charge in [0.05, 0.1) is 6.10 Å². The molecule has 0 bridgehead atoms. The second-order valence-corrected chi connectivity index (χ2v) is 8.57. The number of fused-ring (bicyclic) bond motifs is 1. The summed E-state index contributed by atoms with van der Waals surface area (Å²) in [5, 5.41) is 10.7. The number of Topliss-reactive ketones (excluding diaryl/α,β-unsaturated/α-hetero) is 1. The lowest BCUT2D eigenvalue weighted by atomic mass is 10.0. The molecule has 0 amide bonds. The van der Waals surface area contributed by atoms with Crippen molar-refractivity contribution in [2.24, 2.45) is 0 Å². The molecule has 0 saturated carbocycles. The van der Waals surface area contributed by atoms with Crippen molar-refractivity contribution in [3.63, 3.8) is 0 Å². The Kier molecular flexibility index (Phi) is 8.09. The molecule has 2 aromatic rings. The average Bonchev–Trinajstić information content (AvgIpc) is 2.73. The number of rotatable bonds is 3. The fraction of sp³-hybridized carbons (Fsp3) is 0.407. The molecule has 3 rings (SSSR count). The molecule has 170 valence electrons. The van der Waals surface area contributed by atoms with Crippen LogP contribution in [0.4, 0.5) is 0 Å². The van der Waals surface area contributed by atoms with Crippen LogP contribution in [0, 0.1) is 13.8 Å². The summed E-state index contributed by atoms with van der Waals surface area (Å²) in [6.45, 7) is 6.23. The first kappa shape index (κ1) is 23.6. The van der Waals surface area contributed by atoms with Crippen molar-refractivity contribution < 1.29 is 24.2 Å². The Morgan fingerprint density at radius 3 is 2.69 bits per heavy atom. The van der Waals surface area contributed by atoms with E-state index >= 15 is 0 Å². The van der Waals surface area contributed by atoms with Crippen molar-refractivity contribution in [1.29, 1.82) is 0 Å². The van der Waals surface area contributed by atoms with Gasteiger partial charge in [-0.25, -0.2) is 4.79 Å². The van der Waals surface area contributed by atoms with Crippen molar-refractivity contribution >= 4 is 17.8 Å². The van der Waals surface area contributed by atoms with Crippen LogP contribution in [-0.4, -0.2) is 23.0 Å². The summed E-state index contributed by atoms with van der Waals surface area (Å²) in [5.74, 6) is -0.0141. The second kappa shape index (κ2) is 11.0. The van der Waals surface area contributed by atoms with E-state index in [4.69, 9.17) is 9.47 Å². The van der Waals surface area contributed by atoms with Crippen LogP contribution in [0.25, 0.3) is 6.08 Å². The zero-order chi connectivity index (χ0) is 23.1. The van der Waals surface area contributed by atoms with Gasteiger partial charge in [-0.3, -0.25) is 4.79 Å². The third-order valence-electron chi connectivity index (χ3n) is 5.72. The summed E-state index contributed by atoms with van der Waals surface area (Å²) in [6, 6.07) is 9.40. The largest absolute Gasteiger partial charge is 0.507 e. The number of esters is 1. The summed E-state index contributed by atoms with van der Waals surface area (Å²) < 4.78 is 11.5. The van der Waals surface area contributed by atoms with E-state index in [1.807, 2.05) is 26.8 Å². The first-order chi connectivity index (χ1) is 15.3. The van der Waals surface area contributed by atoms with Crippen molar-refractivity contribution in [3.8, 4) is 11.5 Å². The molecule has 0 radical (unpaired) electrons. The van der Waals surface area contributed by atoms with E-state index in [0.29, 0.717) is 50.0 Å². The van der Waals surface area contributed by atoms with Crippen molar-refractivity contribution in [3.05, 3.63) is 64.2 Å². The number of carbonyl (C=O) groups is 2. The van der Waals surface area contributed by atoms with Crippen LogP contribution in [0.5, 0.6) is 11.5 Å². The third-order valence-corrected chi connectivity index (χ3v) is 5.72. The highest BCUT2D eigenvalue weighted by molar-refractivity contribution is 5.97. The van der Waals surface area contributed by atoms with E-state index < -0.39 is 5.97 Å². The Bertz CT molecular complexity index is 1010. The maximum absolute atomic E-state index is 12.8. The zero-order valence-corrected chi connectivity index (χ0v) is 19.1. The minimum absolute atomic E-state index is 0.139. The summed E-state index contributed by atoms with van der Waals surface area (Å²) in [7, 11) is 0. The quantitative estimate of drug-likeness (QED) is 0.591. The van der Waals surface area contributed by atoms with Gasteiger partial charge in [0.25, 0.3) is 0 Å². The number of ether oxygens (including phenoxy) is 2. The van der Waals surface area contributed by atoms with Crippen LogP contribution in [-0.2, 0) is 16.1 Å². The molecule has 0 saturated heterocycles. The van der Waals surface area contributed by atoms with E-state index in [1.165, 1.54) is 6.07 Å². The molecule has 0 unspecified atom stereocenters. The third kappa shape index (κ3) is 6.46. The number of carbonyl (C=O) groups excluding carboxylic acids is 2. The van der Waals surface area contributed by atoms with Gasteiger partial charge < -0.3 is 14.6 Å². The van der Waals surface area contributed by atoms with Gasteiger partial charge in [-0.15, -0.1) is 0 Å². The molecular weight excluding hydrogens is 404 g/mol. The highest BCUT2D eigenvalue weighted by Gasteiger charge is 2.21. The molecule has 0 spiro atoms. The SMILES string of the molecule is Cc1ccc(C)c(COc2cc(O)c3c(c2)/C=C/CCCC(=O)CCC[C@H](C)OC3=O)c1. The lowest BCUT2D eigenvalue weighted by molar-refractivity contribution is -0.119. The van der Waals surface area contributed by atoms with Gasteiger partial charge in [-0.1, -0.05) is 35.9 Å².